The number of fused-ring (bicyclic) bond motifs is 1. The molecule has 0 radical (unpaired) electrons. The second-order valence-corrected chi connectivity index (χ2v) is 5.05. The van der Waals surface area contributed by atoms with Crippen LogP contribution in [0.15, 0.2) is 36.4 Å². The summed E-state index contributed by atoms with van der Waals surface area (Å²) in [7, 11) is 0. The first-order valence-corrected chi connectivity index (χ1v) is 7.01. The third-order valence-corrected chi connectivity index (χ3v) is 3.62. The number of anilines is 1. The Morgan fingerprint density at radius 1 is 1.27 bits per heavy atom. The fourth-order valence-electron chi connectivity index (χ4n) is 2.40. The van der Waals surface area contributed by atoms with Gasteiger partial charge in [-0.2, -0.15) is 0 Å². The Kier molecular flexibility index (Phi) is 3.43. The number of phenols is 2. The lowest BCUT2D eigenvalue weighted by Gasteiger charge is -2.13. The van der Waals surface area contributed by atoms with Gasteiger partial charge < -0.3 is 15.5 Å². The van der Waals surface area contributed by atoms with Gasteiger partial charge in [0.15, 0.2) is 0 Å². The highest BCUT2D eigenvalue weighted by Gasteiger charge is 2.31. The van der Waals surface area contributed by atoms with E-state index >= 15 is 0 Å². The minimum absolute atomic E-state index is 0.0175. The van der Waals surface area contributed by atoms with Gasteiger partial charge in [-0.3, -0.25) is 4.79 Å². The van der Waals surface area contributed by atoms with Gasteiger partial charge in [0.1, 0.15) is 17.2 Å². The Morgan fingerprint density at radius 3 is 2.82 bits per heavy atom. The zero-order chi connectivity index (χ0) is 15.7. The Labute approximate surface area is 127 Å². The summed E-state index contributed by atoms with van der Waals surface area (Å²) < 4.78 is 0. The van der Waals surface area contributed by atoms with Crippen molar-refractivity contribution in [3.05, 3.63) is 52.4 Å². The number of hydrogen-bond acceptors (Lipinski definition) is 4. The van der Waals surface area contributed by atoms with Crippen molar-refractivity contribution < 1.29 is 15.0 Å². The molecule has 1 unspecified atom stereocenters. The summed E-state index contributed by atoms with van der Waals surface area (Å²) in [6.07, 6.45) is 0.561. The number of rotatable bonds is 3. The number of carbonyl (C=O) groups excluding carboxylic acids is 1. The first-order chi connectivity index (χ1) is 10.6. The van der Waals surface area contributed by atoms with Gasteiger partial charge in [-0.05, 0) is 29.0 Å². The summed E-state index contributed by atoms with van der Waals surface area (Å²) >= 11 is 0. The van der Waals surface area contributed by atoms with E-state index in [-0.39, 0.29) is 22.8 Å². The van der Waals surface area contributed by atoms with Gasteiger partial charge in [0.05, 0.1) is 5.56 Å². The van der Waals surface area contributed by atoms with Crippen LogP contribution in [0.5, 0.6) is 11.5 Å². The number of carbonyl (C=O) groups is 1. The lowest BCUT2D eigenvalue weighted by atomic mass is 9.99. The van der Waals surface area contributed by atoms with E-state index in [0.29, 0.717) is 12.0 Å². The second kappa shape index (κ2) is 5.41. The molecule has 110 valence electrons. The summed E-state index contributed by atoms with van der Waals surface area (Å²) in [5.41, 5.74) is 2.22. The summed E-state index contributed by atoms with van der Waals surface area (Å²) in [5, 5.41) is 22.7. The lowest BCUT2D eigenvalue weighted by molar-refractivity contribution is 0.0984. The van der Waals surface area contributed by atoms with E-state index in [4.69, 9.17) is 0 Å². The van der Waals surface area contributed by atoms with E-state index in [1.807, 2.05) is 31.2 Å². The molecular formula is C17H15N2O3+. The van der Waals surface area contributed by atoms with E-state index in [9.17, 15) is 15.0 Å². The fourth-order valence-corrected chi connectivity index (χ4v) is 2.40. The van der Waals surface area contributed by atoms with Crippen LogP contribution in [0.1, 0.15) is 22.8 Å². The maximum Gasteiger partial charge on any atom is 0.363 e. The van der Waals surface area contributed by atoms with Crippen molar-refractivity contribution in [1.29, 1.82) is 0 Å². The van der Waals surface area contributed by atoms with E-state index in [0.717, 1.165) is 11.4 Å². The molecule has 3 N–H and O–H groups in total. The lowest BCUT2D eigenvalue weighted by Crippen LogP contribution is -2.29. The second-order valence-electron chi connectivity index (χ2n) is 5.05. The maximum atomic E-state index is 12.6. The molecule has 0 amide bonds. The summed E-state index contributed by atoms with van der Waals surface area (Å²) in [4.78, 5) is 16.7. The number of Topliss-reactive ketones (excluding diaryl/α,β-unsaturated/α-hetero) is 1. The van der Waals surface area contributed by atoms with Gasteiger partial charge in [0, 0.05) is 12.1 Å². The van der Waals surface area contributed by atoms with Crippen molar-refractivity contribution in [2.24, 2.45) is 0 Å². The standard InChI is InChI=1S/C17H14N2O3/c1-2-10-7-11(16(21)8-15(10)20)17(22)14-9-18-12-5-3-4-6-13(12)19-14/h3-8,14,19H,2H2,1H3,(H-,20,21,22)/p+1. The molecule has 0 saturated heterocycles. The monoisotopic (exact) mass is 295 g/mol. The van der Waals surface area contributed by atoms with Gasteiger partial charge in [0.2, 0.25) is 11.8 Å². The molecule has 3 rings (SSSR count). The number of benzene rings is 2. The van der Waals surface area contributed by atoms with E-state index in [2.05, 4.69) is 16.2 Å². The third-order valence-electron chi connectivity index (χ3n) is 3.62. The van der Waals surface area contributed by atoms with Crippen molar-refractivity contribution in [2.45, 2.75) is 19.4 Å². The molecule has 2 aromatic carbocycles. The molecule has 0 spiro atoms. The van der Waals surface area contributed by atoms with Crippen LogP contribution in [0.4, 0.5) is 11.4 Å². The number of aromatic hydroxyl groups is 2. The molecule has 0 fully saturated rings. The number of para-hydroxylation sites is 2. The molecule has 0 aliphatic carbocycles. The molecule has 1 atom stereocenters. The molecule has 0 saturated carbocycles. The molecule has 5 heteroatoms. The molecule has 1 heterocycles. The predicted octanol–water partition coefficient (Wildman–Crippen LogP) is 3.30. The maximum absolute atomic E-state index is 12.6. The minimum Gasteiger partial charge on any atom is -0.508 e. The normalized spacial score (nSPS) is 15.2. The first kappa shape index (κ1) is 14.0. The average Bonchev–Trinajstić information content (AvgIpc) is 2.54. The van der Waals surface area contributed by atoms with Crippen molar-refractivity contribution in [3.8, 4) is 17.6 Å². The van der Waals surface area contributed by atoms with Gasteiger partial charge in [-0.25, -0.2) is 0 Å². The highest BCUT2D eigenvalue weighted by atomic mass is 16.3. The minimum atomic E-state index is -0.768. The van der Waals surface area contributed by atoms with Crippen LogP contribution in [0.2, 0.25) is 0 Å². The molecule has 0 bridgehead atoms. The van der Waals surface area contributed by atoms with Crippen molar-refractivity contribution in [2.75, 3.05) is 5.32 Å². The van der Waals surface area contributed by atoms with Crippen LogP contribution in [-0.2, 0) is 6.42 Å². The van der Waals surface area contributed by atoms with Crippen LogP contribution >= 0.6 is 0 Å². The van der Waals surface area contributed by atoms with Gasteiger partial charge in [-0.15, -0.1) is 0 Å². The quantitative estimate of drug-likeness (QED) is 0.760. The van der Waals surface area contributed by atoms with Crippen molar-refractivity contribution >= 4 is 17.2 Å². The van der Waals surface area contributed by atoms with Crippen LogP contribution < -0.4 is 5.32 Å². The van der Waals surface area contributed by atoms with Crippen LogP contribution in [0.3, 0.4) is 0 Å². The van der Waals surface area contributed by atoms with E-state index < -0.39 is 6.04 Å². The van der Waals surface area contributed by atoms with E-state index in [1.165, 1.54) is 12.1 Å². The zero-order valence-corrected chi connectivity index (χ0v) is 12.0. The number of ketones is 1. The molecule has 0 aromatic heterocycles. The molecule has 22 heavy (non-hydrogen) atoms. The Hall–Kier alpha value is -3.00. The summed E-state index contributed by atoms with van der Waals surface area (Å²) in [6, 6.07) is 12.0. The molecule has 1 aliphatic heterocycles. The highest BCUT2D eigenvalue weighted by Crippen LogP contribution is 2.32. The zero-order valence-electron chi connectivity index (χ0n) is 12.0. The van der Waals surface area contributed by atoms with Crippen LogP contribution in [0.25, 0.3) is 4.85 Å². The highest BCUT2D eigenvalue weighted by molar-refractivity contribution is 6.06. The average molecular weight is 295 g/mol. The predicted molar refractivity (Wildman–Crippen MR) is 84.2 cm³/mol. The van der Waals surface area contributed by atoms with Gasteiger partial charge >= 0.3 is 11.8 Å². The SMILES string of the molecule is CCc1cc(C(=O)C2C#[N+]c3ccccc3N2)c(O)cc1O. The molecule has 5 nitrogen and oxygen atoms in total. The van der Waals surface area contributed by atoms with Crippen LogP contribution in [-0.4, -0.2) is 22.0 Å². The Morgan fingerprint density at radius 2 is 2.05 bits per heavy atom. The molecule has 2 aromatic rings. The van der Waals surface area contributed by atoms with Crippen molar-refractivity contribution in [1.82, 2.24) is 0 Å². The molecule has 1 aliphatic rings. The van der Waals surface area contributed by atoms with Gasteiger partial charge in [-0.1, -0.05) is 19.1 Å². The summed E-state index contributed by atoms with van der Waals surface area (Å²) in [5.74, 6) is -0.608. The number of hydrogen-bond donors (Lipinski definition) is 3. The number of nitrogens with zero attached hydrogens (tertiary/aromatic N) is 1. The Bertz CT molecular complexity index is 818. The molecular weight excluding hydrogens is 280 g/mol. The number of nitrogens with one attached hydrogen (secondary N) is 1. The van der Waals surface area contributed by atoms with Crippen LogP contribution in [0, 0.1) is 6.07 Å². The topological polar surface area (TPSA) is 73.9 Å². The van der Waals surface area contributed by atoms with Gasteiger partial charge in [0.25, 0.3) is 0 Å². The number of phenolic OH excluding ortho intramolecular Hbond substituents is 2. The third kappa shape index (κ3) is 2.35. The number of aryl methyl sites for hydroxylation is 1. The smallest absolute Gasteiger partial charge is 0.363 e. The summed E-state index contributed by atoms with van der Waals surface area (Å²) in [6.45, 7) is 1.86. The van der Waals surface area contributed by atoms with E-state index in [1.54, 1.807) is 0 Å². The largest absolute Gasteiger partial charge is 0.508 e. The van der Waals surface area contributed by atoms with Crippen molar-refractivity contribution in [3.63, 3.8) is 0 Å². The first-order valence-electron chi connectivity index (χ1n) is 7.01. The Balaban J connectivity index is 1.95. The fraction of sp³-hybridized carbons (Fsp3) is 0.176.